The topological polar surface area (TPSA) is 77.3 Å². The molecule has 3 amide bonds. The SMILES string of the molecule is N#CCCN1C(=O)N(c2cncc3cccc(F)c23)C(=O)C2SC(c3ccccc3Cl)=CC21. The number of carbonyl (C=O) groups excluding carboxylic acids is 2. The summed E-state index contributed by atoms with van der Waals surface area (Å²) < 4.78 is 14.8. The van der Waals surface area contributed by atoms with Crippen LogP contribution in [0.25, 0.3) is 15.7 Å². The molecule has 3 aromatic rings. The lowest BCUT2D eigenvalue weighted by Crippen LogP contribution is -2.62. The lowest BCUT2D eigenvalue weighted by Gasteiger charge is -2.41. The van der Waals surface area contributed by atoms with Crippen molar-refractivity contribution in [3.63, 3.8) is 0 Å². The number of hydrogen-bond acceptors (Lipinski definition) is 5. The number of imide groups is 1. The molecule has 1 aromatic heterocycles. The van der Waals surface area contributed by atoms with Gasteiger partial charge in [-0.15, -0.1) is 11.8 Å². The summed E-state index contributed by atoms with van der Waals surface area (Å²) in [4.78, 5) is 34.6. The number of thioether (sulfide) groups is 1. The second kappa shape index (κ2) is 8.50. The first kappa shape index (κ1) is 21.4. The Hall–Kier alpha value is -3.41. The molecule has 6 nitrogen and oxygen atoms in total. The van der Waals surface area contributed by atoms with Crippen molar-refractivity contribution in [1.29, 1.82) is 5.26 Å². The summed E-state index contributed by atoms with van der Waals surface area (Å²) in [5, 5.41) is 9.64. The third kappa shape index (κ3) is 3.54. The molecule has 0 N–H and O–H groups in total. The third-order valence-corrected chi connectivity index (χ3v) is 7.38. The van der Waals surface area contributed by atoms with Crippen LogP contribution in [0.1, 0.15) is 12.0 Å². The van der Waals surface area contributed by atoms with Gasteiger partial charge >= 0.3 is 6.03 Å². The molecule has 0 radical (unpaired) electrons. The number of halogens is 2. The Kier molecular flexibility index (Phi) is 5.52. The Morgan fingerprint density at radius 1 is 1.15 bits per heavy atom. The number of rotatable bonds is 4. The molecule has 2 atom stereocenters. The molecule has 0 spiro atoms. The van der Waals surface area contributed by atoms with Gasteiger partial charge in [0.2, 0.25) is 0 Å². The molecular formula is C24H16ClFN4O2S. The first-order chi connectivity index (χ1) is 16.0. The minimum atomic E-state index is -0.658. The van der Waals surface area contributed by atoms with E-state index in [9.17, 15) is 14.0 Å². The highest BCUT2D eigenvalue weighted by Gasteiger charge is 2.50. The average Bonchev–Trinajstić information content (AvgIpc) is 3.25. The van der Waals surface area contributed by atoms with Gasteiger partial charge in [0, 0.05) is 39.0 Å². The van der Waals surface area contributed by atoms with E-state index in [0.29, 0.717) is 10.4 Å². The van der Waals surface area contributed by atoms with E-state index in [1.165, 1.54) is 35.1 Å². The number of pyridine rings is 1. The molecule has 1 fully saturated rings. The standard InChI is InChI=1S/C24H16ClFN4O2S/c25-16-7-2-1-6-15(16)20-11-18-22(33-20)23(31)30(24(32)29(18)10-4-9-27)19-13-28-12-14-5-3-8-17(26)21(14)19/h1-3,5-8,11-13,18,22H,4,10H2. The smallest absolute Gasteiger partial charge is 0.315 e. The number of carbonyl (C=O) groups is 2. The largest absolute Gasteiger partial charge is 0.332 e. The summed E-state index contributed by atoms with van der Waals surface area (Å²) in [5.74, 6) is -1.01. The fourth-order valence-electron chi connectivity index (χ4n) is 4.21. The van der Waals surface area contributed by atoms with Gasteiger partial charge in [0.1, 0.15) is 11.1 Å². The fourth-order valence-corrected chi connectivity index (χ4v) is 5.87. The van der Waals surface area contributed by atoms with Crippen molar-refractivity contribution in [3.8, 4) is 6.07 Å². The van der Waals surface area contributed by atoms with Crippen LogP contribution in [0, 0.1) is 17.1 Å². The molecule has 2 aliphatic heterocycles. The molecular weight excluding hydrogens is 463 g/mol. The van der Waals surface area contributed by atoms with E-state index in [-0.39, 0.29) is 24.0 Å². The van der Waals surface area contributed by atoms with E-state index in [1.54, 1.807) is 18.2 Å². The summed E-state index contributed by atoms with van der Waals surface area (Å²) in [6.07, 6.45) is 4.76. The zero-order chi connectivity index (χ0) is 23.1. The van der Waals surface area contributed by atoms with Crippen LogP contribution in [0.4, 0.5) is 14.9 Å². The molecule has 5 rings (SSSR count). The van der Waals surface area contributed by atoms with Crippen molar-refractivity contribution in [2.75, 3.05) is 11.4 Å². The van der Waals surface area contributed by atoms with Gasteiger partial charge in [-0.3, -0.25) is 9.78 Å². The molecule has 2 aromatic carbocycles. The predicted octanol–water partition coefficient (Wildman–Crippen LogP) is 5.23. The van der Waals surface area contributed by atoms with Crippen LogP contribution in [-0.2, 0) is 4.79 Å². The van der Waals surface area contributed by atoms with Crippen molar-refractivity contribution in [2.24, 2.45) is 0 Å². The summed E-state index contributed by atoms with van der Waals surface area (Å²) >= 11 is 7.68. The van der Waals surface area contributed by atoms with Crippen molar-refractivity contribution in [1.82, 2.24) is 9.88 Å². The van der Waals surface area contributed by atoms with E-state index in [2.05, 4.69) is 11.1 Å². The molecule has 9 heteroatoms. The van der Waals surface area contributed by atoms with Gasteiger partial charge in [-0.05, 0) is 18.2 Å². The van der Waals surface area contributed by atoms with E-state index in [1.807, 2.05) is 24.3 Å². The number of urea groups is 1. The lowest BCUT2D eigenvalue weighted by molar-refractivity contribution is -0.119. The highest BCUT2D eigenvalue weighted by Crippen LogP contribution is 2.47. The van der Waals surface area contributed by atoms with Gasteiger partial charge < -0.3 is 4.90 Å². The van der Waals surface area contributed by atoms with E-state index < -0.39 is 29.0 Å². The Balaban J connectivity index is 1.61. The molecule has 0 saturated carbocycles. The van der Waals surface area contributed by atoms with Crippen LogP contribution in [-0.4, -0.2) is 39.7 Å². The molecule has 2 unspecified atom stereocenters. The quantitative estimate of drug-likeness (QED) is 0.512. The van der Waals surface area contributed by atoms with Crippen molar-refractivity contribution in [2.45, 2.75) is 17.7 Å². The number of hydrogen-bond donors (Lipinski definition) is 0. The highest BCUT2D eigenvalue weighted by atomic mass is 35.5. The van der Waals surface area contributed by atoms with Crippen molar-refractivity contribution < 1.29 is 14.0 Å². The third-order valence-electron chi connectivity index (χ3n) is 5.70. The summed E-state index contributed by atoms with van der Waals surface area (Å²) in [6.45, 7) is 0.133. The minimum absolute atomic E-state index is 0.0906. The average molecular weight is 479 g/mol. The van der Waals surface area contributed by atoms with Crippen LogP contribution in [0.2, 0.25) is 5.02 Å². The summed E-state index contributed by atoms with van der Waals surface area (Å²) in [7, 11) is 0. The number of anilines is 1. The van der Waals surface area contributed by atoms with Gasteiger partial charge in [-0.25, -0.2) is 14.1 Å². The van der Waals surface area contributed by atoms with Gasteiger partial charge in [-0.1, -0.05) is 41.9 Å². The van der Waals surface area contributed by atoms with Gasteiger partial charge in [0.15, 0.2) is 0 Å². The van der Waals surface area contributed by atoms with Crippen LogP contribution >= 0.6 is 23.4 Å². The Bertz CT molecular complexity index is 1370. The van der Waals surface area contributed by atoms with Gasteiger partial charge in [0.25, 0.3) is 5.91 Å². The van der Waals surface area contributed by atoms with Crippen LogP contribution in [0.15, 0.2) is 60.9 Å². The molecule has 164 valence electrons. The monoisotopic (exact) mass is 478 g/mol. The van der Waals surface area contributed by atoms with E-state index in [0.717, 1.165) is 15.4 Å². The van der Waals surface area contributed by atoms with Crippen molar-refractivity contribution >= 4 is 56.7 Å². The maximum atomic E-state index is 14.8. The van der Waals surface area contributed by atoms with E-state index >= 15 is 0 Å². The zero-order valence-corrected chi connectivity index (χ0v) is 18.7. The van der Waals surface area contributed by atoms with Crippen LogP contribution in [0.3, 0.4) is 0 Å². The molecule has 1 saturated heterocycles. The zero-order valence-electron chi connectivity index (χ0n) is 17.1. The van der Waals surface area contributed by atoms with Crippen LogP contribution < -0.4 is 4.90 Å². The number of amides is 3. The summed E-state index contributed by atoms with van der Waals surface area (Å²) in [6, 6.07) is 12.7. The highest BCUT2D eigenvalue weighted by molar-refractivity contribution is 8.09. The van der Waals surface area contributed by atoms with Gasteiger partial charge in [-0.2, -0.15) is 5.26 Å². The first-order valence-electron chi connectivity index (χ1n) is 10.2. The fraction of sp³-hybridized carbons (Fsp3) is 0.167. The number of aromatic nitrogens is 1. The minimum Gasteiger partial charge on any atom is -0.315 e. The van der Waals surface area contributed by atoms with Crippen molar-refractivity contribution in [3.05, 3.63) is 77.3 Å². The Morgan fingerprint density at radius 3 is 2.76 bits per heavy atom. The second-order valence-corrected chi connectivity index (χ2v) is 9.18. The normalized spacial score (nSPS) is 20.1. The maximum absolute atomic E-state index is 14.8. The molecule has 2 aliphatic rings. The predicted molar refractivity (Wildman–Crippen MR) is 126 cm³/mol. The first-order valence-corrected chi connectivity index (χ1v) is 11.4. The molecule has 0 aliphatic carbocycles. The molecule has 3 heterocycles. The number of nitriles is 1. The van der Waals surface area contributed by atoms with Gasteiger partial charge in [0.05, 0.1) is 30.4 Å². The lowest BCUT2D eigenvalue weighted by atomic mass is 10.0. The summed E-state index contributed by atoms with van der Waals surface area (Å²) in [5.41, 5.74) is 0.858. The van der Waals surface area contributed by atoms with Crippen LogP contribution in [0.5, 0.6) is 0 Å². The second-order valence-electron chi connectivity index (χ2n) is 7.59. The molecule has 33 heavy (non-hydrogen) atoms. The number of benzene rings is 2. The number of nitrogens with zero attached hydrogens (tertiary/aromatic N) is 4. The maximum Gasteiger partial charge on any atom is 0.332 e. The van der Waals surface area contributed by atoms with E-state index in [4.69, 9.17) is 16.9 Å². The molecule has 0 bridgehead atoms. The number of fused-ring (bicyclic) bond motifs is 2. The Labute approximate surface area is 198 Å². The Morgan fingerprint density at radius 2 is 1.97 bits per heavy atom.